The van der Waals surface area contributed by atoms with Crippen molar-refractivity contribution in [3.63, 3.8) is 0 Å². The highest BCUT2D eigenvalue weighted by Crippen LogP contribution is 2.32. The molecule has 2 rings (SSSR count). The maximum absolute atomic E-state index is 12.4. The molecule has 0 radical (unpaired) electrons. The van der Waals surface area contributed by atoms with E-state index < -0.39 is 23.8 Å². The van der Waals surface area contributed by atoms with Gasteiger partial charge in [-0.15, -0.1) is 11.3 Å². The van der Waals surface area contributed by atoms with Crippen LogP contribution in [0.5, 0.6) is 0 Å². The van der Waals surface area contributed by atoms with E-state index in [0.717, 1.165) is 12.8 Å². The van der Waals surface area contributed by atoms with Crippen molar-refractivity contribution in [2.45, 2.75) is 32.6 Å². The van der Waals surface area contributed by atoms with E-state index in [1.165, 1.54) is 11.3 Å². The van der Waals surface area contributed by atoms with E-state index in [0.29, 0.717) is 23.4 Å². The molecule has 0 aliphatic heterocycles. The average molecular weight is 325 g/mol. The standard InChI is InChI=1S/C15H19NO5S/c1-2-21-15(20)11-7-8-22-13(11)16-12(17)9-5-3-4-6-10(9)14(18)19/h7-10H,2-6H2,1H3,(H,16,17)(H,18,19)/t9-,10-/m1/s1. The monoisotopic (exact) mass is 325 g/mol. The van der Waals surface area contributed by atoms with E-state index in [4.69, 9.17) is 4.74 Å². The molecule has 0 unspecified atom stereocenters. The number of amides is 1. The van der Waals surface area contributed by atoms with Crippen LogP contribution in [0.2, 0.25) is 0 Å². The quantitative estimate of drug-likeness (QED) is 0.812. The Bertz CT molecular complexity index is 568. The predicted molar refractivity (Wildman–Crippen MR) is 82.0 cm³/mol. The highest BCUT2D eigenvalue weighted by atomic mass is 32.1. The lowest BCUT2D eigenvalue weighted by Gasteiger charge is -2.27. The first-order valence-corrected chi connectivity index (χ1v) is 8.20. The van der Waals surface area contributed by atoms with Crippen LogP contribution in [0.15, 0.2) is 11.4 Å². The first-order chi connectivity index (χ1) is 10.5. The van der Waals surface area contributed by atoms with E-state index in [2.05, 4.69) is 5.32 Å². The van der Waals surface area contributed by atoms with Gasteiger partial charge in [-0.2, -0.15) is 0 Å². The summed E-state index contributed by atoms with van der Waals surface area (Å²) in [5.41, 5.74) is 0.308. The molecular formula is C15H19NO5S. The summed E-state index contributed by atoms with van der Waals surface area (Å²) in [6, 6.07) is 1.59. The summed E-state index contributed by atoms with van der Waals surface area (Å²) < 4.78 is 4.94. The smallest absolute Gasteiger partial charge is 0.341 e. The third-order valence-corrected chi connectivity index (χ3v) is 4.65. The van der Waals surface area contributed by atoms with Crippen molar-refractivity contribution in [2.75, 3.05) is 11.9 Å². The van der Waals surface area contributed by atoms with E-state index in [-0.39, 0.29) is 12.5 Å². The first-order valence-electron chi connectivity index (χ1n) is 7.32. The van der Waals surface area contributed by atoms with Gasteiger partial charge in [-0.05, 0) is 31.2 Å². The Hall–Kier alpha value is -1.89. The van der Waals surface area contributed by atoms with Crippen molar-refractivity contribution in [3.8, 4) is 0 Å². The van der Waals surface area contributed by atoms with Crippen LogP contribution in [0.25, 0.3) is 0 Å². The third-order valence-electron chi connectivity index (χ3n) is 3.82. The summed E-state index contributed by atoms with van der Waals surface area (Å²) in [6.07, 6.45) is 2.75. The summed E-state index contributed by atoms with van der Waals surface area (Å²) in [5.74, 6) is -2.96. The Labute approximate surface area is 132 Å². The first kappa shape index (κ1) is 16.5. The Balaban J connectivity index is 2.10. The van der Waals surface area contributed by atoms with Crippen LogP contribution in [0.3, 0.4) is 0 Å². The molecule has 0 aromatic carbocycles. The second-order valence-corrected chi connectivity index (χ2v) is 6.12. The van der Waals surface area contributed by atoms with Crippen molar-refractivity contribution >= 4 is 34.2 Å². The van der Waals surface area contributed by atoms with Crippen LogP contribution >= 0.6 is 11.3 Å². The molecule has 6 nitrogen and oxygen atoms in total. The van der Waals surface area contributed by atoms with Gasteiger partial charge in [0, 0.05) is 0 Å². The van der Waals surface area contributed by atoms with Gasteiger partial charge >= 0.3 is 11.9 Å². The van der Waals surface area contributed by atoms with Gasteiger partial charge in [0.25, 0.3) is 0 Å². The number of thiophene rings is 1. The molecule has 7 heteroatoms. The largest absolute Gasteiger partial charge is 0.481 e. The lowest BCUT2D eigenvalue weighted by molar-refractivity contribution is -0.147. The number of hydrogen-bond donors (Lipinski definition) is 2. The number of carbonyl (C=O) groups excluding carboxylic acids is 2. The Kier molecular flexibility index (Phi) is 5.54. The molecular weight excluding hydrogens is 306 g/mol. The van der Waals surface area contributed by atoms with Gasteiger partial charge in [-0.25, -0.2) is 4.79 Å². The SMILES string of the molecule is CCOC(=O)c1ccsc1NC(=O)[C@@H]1CCCC[C@H]1C(=O)O. The molecule has 1 amide bonds. The number of nitrogens with one attached hydrogen (secondary N) is 1. The Morgan fingerprint density at radius 1 is 1.32 bits per heavy atom. The van der Waals surface area contributed by atoms with Gasteiger partial charge in [-0.1, -0.05) is 12.8 Å². The number of hydrogen-bond acceptors (Lipinski definition) is 5. The maximum Gasteiger partial charge on any atom is 0.341 e. The van der Waals surface area contributed by atoms with E-state index in [9.17, 15) is 19.5 Å². The molecule has 1 fully saturated rings. The van der Waals surface area contributed by atoms with Crippen LogP contribution in [-0.4, -0.2) is 29.6 Å². The van der Waals surface area contributed by atoms with Gasteiger partial charge in [-0.3, -0.25) is 9.59 Å². The second-order valence-electron chi connectivity index (χ2n) is 5.21. The minimum Gasteiger partial charge on any atom is -0.481 e. The van der Waals surface area contributed by atoms with Gasteiger partial charge in [0.05, 0.1) is 24.0 Å². The van der Waals surface area contributed by atoms with E-state index >= 15 is 0 Å². The topological polar surface area (TPSA) is 92.7 Å². The van der Waals surface area contributed by atoms with Crippen LogP contribution in [-0.2, 0) is 14.3 Å². The van der Waals surface area contributed by atoms with Crippen molar-refractivity contribution in [1.29, 1.82) is 0 Å². The summed E-state index contributed by atoms with van der Waals surface area (Å²) >= 11 is 1.23. The number of carboxylic acid groups (broad SMARTS) is 1. The highest BCUT2D eigenvalue weighted by Gasteiger charge is 2.36. The fourth-order valence-electron chi connectivity index (χ4n) is 2.72. The van der Waals surface area contributed by atoms with Gasteiger partial charge in [0.2, 0.25) is 5.91 Å². The molecule has 1 aromatic rings. The van der Waals surface area contributed by atoms with Gasteiger partial charge < -0.3 is 15.2 Å². The minimum atomic E-state index is -0.934. The molecule has 2 atom stereocenters. The zero-order valence-electron chi connectivity index (χ0n) is 12.3. The highest BCUT2D eigenvalue weighted by molar-refractivity contribution is 7.14. The summed E-state index contributed by atoms with van der Waals surface area (Å²) in [7, 11) is 0. The minimum absolute atomic E-state index is 0.256. The summed E-state index contributed by atoms with van der Waals surface area (Å²) in [6.45, 7) is 1.97. The molecule has 0 saturated heterocycles. The number of anilines is 1. The second kappa shape index (κ2) is 7.40. The molecule has 0 spiro atoms. The molecule has 1 heterocycles. The molecule has 2 N–H and O–H groups in total. The fraction of sp³-hybridized carbons (Fsp3) is 0.533. The third kappa shape index (κ3) is 3.65. The number of aliphatic carboxylic acids is 1. The summed E-state index contributed by atoms with van der Waals surface area (Å²) in [5, 5.41) is 14.1. The van der Waals surface area contributed by atoms with Crippen molar-refractivity contribution in [1.82, 2.24) is 0 Å². The van der Waals surface area contributed by atoms with Gasteiger partial charge in [0.1, 0.15) is 5.00 Å². The zero-order valence-corrected chi connectivity index (χ0v) is 13.1. The van der Waals surface area contributed by atoms with E-state index in [1.807, 2.05) is 0 Å². The van der Waals surface area contributed by atoms with E-state index in [1.54, 1.807) is 18.4 Å². The normalized spacial score (nSPS) is 21.1. The molecule has 1 aromatic heterocycles. The van der Waals surface area contributed by atoms with Gasteiger partial charge in [0.15, 0.2) is 0 Å². The number of esters is 1. The zero-order chi connectivity index (χ0) is 16.1. The molecule has 0 bridgehead atoms. The number of rotatable bonds is 5. The fourth-order valence-corrected chi connectivity index (χ4v) is 3.50. The van der Waals surface area contributed by atoms with Crippen molar-refractivity contribution in [2.24, 2.45) is 11.8 Å². The lowest BCUT2D eigenvalue weighted by Crippen LogP contribution is -2.36. The van der Waals surface area contributed by atoms with Crippen molar-refractivity contribution in [3.05, 3.63) is 17.0 Å². The lowest BCUT2D eigenvalue weighted by atomic mass is 9.79. The van der Waals surface area contributed by atoms with Crippen LogP contribution in [0.1, 0.15) is 43.0 Å². The molecule has 1 aliphatic carbocycles. The number of carboxylic acids is 1. The molecule has 120 valence electrons. The van der Waals surface area contributed by atoms with Crippen LogP contribution in [0.4, 0.5) is 5.00 Å². The van der Waals surface area contributed by atoms with Crippen LogP contribution < -0.4 is 5.32 Å². The number of ether oxygens (including phenoxy) is 1. The number of carbonyl (C=O) groups is 3. The predicted octanol–water partition coefficient (Wildman–Crippen LogP) is 2.75. The molecule has 1 saturated carbocycles. The Morgan fingerprint density at radius 2 is 2.00 bits per heavy atom. The Morgan fingerprint density at radius 3 is 2.64 bits per heavy atom. The average Bonchev–Trinajstić information content (AvgIpc) is 2.95. The van der Waals surface area contributed by atoms with Crippen LogP contribution in [0, 0.1) is 11.8 Å². The summed E-state index contributed by atoms with van der Waals surface area (Å²) in [4.78, 5) is 35.5. The molecule has 22 heavy (non-hydrogen) atoms. The maximum atomic E-state index is 12.4. The van der Waals surface area contributed by atoms with Crippen molar-refractivity contribution < 1.29 is 24.2 Å². The molecule has 1 aliphatic rings.